The third-order valence-electron chi connectivity index (χ3n) is 2.96. The minimum Gasteiger partial charge on any atom is -0.342 e. The molecule has 19 heavy (non-hydrogen) atoms. The van der Waals surface area contributed by atoms with Crippen molar-refractivity contribution in [1.82, 2.24) is 20.5 Å². The summed E-state index contributed by atoms with van der Waals surface area (Å²) < 4.78 is 0. The molecular weight excluding hydrogens is 260 g/mol. The zero-order chi connectivity index (χ0) is 13.8. The number of thiophene rings is 1. The molecule has 0 fully saturated rings. The maximum Gasteiger partial charge on any atom is 0.261 e. The second-order valence-corrected chi connectivity index (χ2v) is 5.76. The summed E-state index contributed by atoms with van der Waals surface area (Å²) in [5, 5.41) is 9.46. The summed E-state index contributed by atoms with van der Waals surface area (Å²) in [5.74, 6) is 0.606. The van der Waals surface area contributed by atoms with Crippen LogP contribution in [0.15, 0.2) is 12.4 Å². The van der Waals surface area contributed by atoms with E-state index >= 15 is 0 Å². The van der Waals surface area contributed by atoms with Crippen molar-refractivity contribution in [2.75, 3.05) is 0 Å². The van der Waals surface area contributed by atoms with Crippen LogP contribution in [0.4, 0.5) is 0 Å². The number of H-pyrrole nitrogens is 1. The van der Waals surface area contributed by atoms with Gasteiger partial charge in [0.2, 0.25) is 0 Å². The SMILES string of the molecule is CCCc1cc(C(=O)NC(C)c2ncn[nH]2)sc1C. The van der Waals surface area contributed by atoms with Gasteiger partial charge in [-0.3, -0.25) is 9.89 Å². The number of amides is 1. The van der Waals surface area contributed by atoms with Crippen molar-refractivity contribution in [2.45, 2.75) is 39.7 Å². The van der Waals surface area contributed by atoms with Crippen LogP contribution < -0.4 is 5.32 Å². The molecule has 2 aromatic rings. The zero-order valence-electron chi connectivity index (χ0n) is 11.4. The molecule has 0 saturated heterocycles. The minimum absolute atomic E-state index is 0.0562. The van der Waals surface area contributed by atoms with Crippen molar-refractivity contribution in [2.24, 2.45) is 0 Å². The smallest absolute Gasteiger partial charge is 0.261 e. The molecule has 6 heteroatoms. The van der Waals surface area contributed by atoms with Gasteiger partial charge in [-0.25, -0.2) is 4.98 Å². The van der Waals surface area contributed by atoms with Crippen LogP contribution >= 0.6 is 11.3 Å². The number of rotatable bonds is 5. The number of hydrogen-bond acceptors (Lipinski definition) is 4. The van der Waals surface area contributed by atoms with Crippen molar-refractivity contribution in [3.63, 3.8) is 0 Å². The Balaban J connectivity index is 2.05. The van der Waals surface area contributed by atoms with Gasteiger partial charge >= 0.3 is 0 Å². The summed E-state index contributed by atoms with van der Waals surface area (Å²) in [5.41, 5.74) is 1.27. The van der Waals surface area contributed by atoms with Gasteiger partial charge in [-0.05, 0) is 31.9 Å². The quantitative estimate of drug-likeness (QED) is 0.883. The molecular formula is C13H18N4OS. The van der Waals surface area contributed by atoms with E-state index in [-0.39, 0.29) is 11.9 Å². The van der Waals surface area contributed by atoms with Gasteiger partial charge in [-0.2, -0.15) is 5.10 Å². The molecule has 2 N–H and O–H groups in total. The summed E-state index contributed by atoms with van der Waals surface area (Å²) >= 11 is 1.54. The fraction of sp³-hybridized carbons (Fsp3) is 0.462. The first-order chi connectivity index (χ1) is 9.11. The number of nitrogens with one attached hydrogen (secondary N) is 2. The Hall–Kier alpha value is -1.69. The number of aryl methyl sites for hydroxylation is 2. The average molecular weight is 278 g/mol. The number of hydrogen-bond donors (Lipinski definition) is 2. The van der Waals surface area contributed by atoms with E-state index in [1.54, 1.807) is 11.3 Å². The van der Waals surface area contributed by atoms with Crippen LogP contribution in [0.3, 0.4) is 0 Å². The van der Waals surface area contributed by atoms with Gasteiger partial charge in [0, 0.05) is 4.88 Å². The molecule has 2 rings (SSSR count). The summed E-state index contributed by atoms with van der Waals surface area (Å²) in [6.45, 7) is 6.08. The first-order valence-electron chi connectivity index (χ1n) is 6.37. The number of aromatic nitrogens is 3. The predicted molar refractivity (Wildman–Crippen MR) is 75.3 cm³/mol. The van der Waals surface area contributed by atoms with Gasteiger partial charge in [0.15, 0.2) is 0 Å². The maximum atomic E-state index is 12.2. The van der Waals surface area contributed by atoms with E-state index in [9.17, 15) is 4.79 Å². The lowest BCUT2D eigenvalue weighted by Gasteiger charge is -2.09. The van der Waals surface area contributed by atoms with E-state index in [1.807, 2.05) is 13.0 Å². The molecule has 0 saturated carbocycles. The van der Waals surface area contributed by atoms with Crippen LogP contribution in [0.5, 0.6) is 0 Å². The Bertz CT molecular complexity index is 547. The lowest BCUT2D eigenvalue weighted by Crippen LogP contribution is -2.26. The van der Waals surface area contributed by atoms with Crippen molar-refractivity contribution in [3.8, 4) is 0 Å². The van der Waals surface area contributed by atoms with Gasteiger partial charge in [0.1, 0.15) is 12.2 Å². The second-order valence-electron chi connectivity index (χ2n) is 4.51. The molecule has 5 nitrogen and oxygen atoms in total. The van der Waals surface area contributed by atoms with Gasteiger partial charge in [-0.15, -0.1) is 11.3 Å². The molecule has 2 aromatic heterocycles. The fourth-order valence-corrected chi connectivity index (χ4v) is 2.88. The predicted octanol–water partition coefficient (Wildman–Crippen LogP) is 2.62. The molecule has 0 spiro atoms. The number of nitrogens with zero attached hydrogens (tertiary/aromatic N) is 2. The monoisotopic (exact) mass is 278 g/mol. The molecule has 102 valence electrons. The highest BCUT2D eigenvalue weighted by atomic mass is 32.1. The molecule has 0 aliphatic rings. The van der Waals surface area contributed by atoms with Crippen LogP contribution in [-0.2, 0) is 6.42 Å². The van der Waals surface area contributed by atoms with Crippen molar-refractivity contribution in [3.05, 3.63) is 33.5 Å². The van der Waals surface area contributed by atoms with Crippen LogP contribution in [0.2, 0.25) is 0 Å². The van der Waals surface area contributed by atoms with E-state index in [2.05, 4.69) is 34.3 Å². The van der Waals surface area contributed by atoms with E-state index in [0.717, 1.165) is 17.7 Å². The first kappa shape index (κ1) is 13.7. The first-order valence-corrected chi connectivity index (χ1v) is 7.19. The fourth-order valence-electron chi connectivity index (χ4n) is 1.91. The van der Waals surface area contributed by atoms with Crippen molar-refractivity contribution < 1.29 is 4.79 Å². The molecule has 0 bridgehead atoms. The molecule has 0 aliphatic carbocycles. The molecule has 1 unspecified atom stereocenters. The lowest BCUT2D eigenvalue weighted by molar-refractivity contribution is 0.0942. The molecule has 1 amide bonds. The molecule has 0 radical (unpaired) electrons. The Labute approximate surface area is 116 Å². The Kier molecular flexibility index (Phi) is 4.31. The Morgan fingerprint density at radius 2 is 2.37 bits per heavy atom. The third-order valence-corrected chi connectivity index (χ3v) is 4.05. The van der Waals surface area contributed by atoms with E-state index in [0.29, 0.717) is 5.82 Å². The largest absolute Gasteiger partial charge is 0.342 e. The number of carbonyl (C=O) groups excluding carboxylic acids is 1. The maximum absolute atomic E-state index is 12.2. The highest BCUT2D eigenvalue weighted by molar-refractivity contribution is 7.14. The van der Waals surface area contributed by atoms with Crippen LogP contribution in [0.1, 0.15) is 52.2 Å². The van der Waals surface area contributed by atoms with Gasteiger partial charge < -0.3 is 5.32 Å². The van der Waals surface area contributed by atoms with Crippen molar-refractivity contribution >= 4 is 17.2 Å². The third kappa shape index (κ3) is 3.20. The summed E-state index contributed by atoms with van der Waals surface area (Å²) in [6, 6.07) is 1.82. The summed E-state index contributed by atoms with van der Waals surface area (Å²) in [7, 11) is 0. The Morgan fingerprint density at radius 3 is 3.00 bits per heavy atom. The highest BCUT2D eigenvalue weighted by Crippen LogP contribution is 2.23. The summed E-state index contributed by atoms with van der Waals surface area (Å²) in [4.78, 5) is 18.2. The lowest BCUT2D eigenvalue weighted by atomic mass is 10.1. The van der Waals surface area contributed by atoms with Crippen LogP contribution in [-0.4, -0.2) is 21.1 Å². The van der Waals surface area contributed by atoms with Gasteiger partial charge in [0.25, 0.3) is 5.91 Å². The number of aromatic amines is 1. The topological polar surface area (TPSA) is 70.7 Å². The standard InChI is InChI=1S/C13H18N4OS/c1-4-5-10-6-11(19-9(10)3)13(18)16-8(2)12-14-7-15-17-12/h6-8H,4-5H2,1-3H3,(H,16,18)(H,14,15,17). The van der Waals surface area contributed by atoms with Crippen LogP contribution in [0.25, 0.3) is 0 Å². The normalized spacial score (nSPS) is 12.4. The highest BCUT2D eigenvalue weighted by Gasteiger charge is 2.16. The second kappa shape index (κ2) is 5.97. The zero-order valence-corrected chi connectivity index (χ0v) is 12.2. The average Bonchev–Trinajstić information content (AvgIpc) is 3.00. The van der Waals surface area contributed by atoms with Gasteiger partial charge in [-0.1, -0.05) is 13.3 Å². The minimum atomic E-state index is -0.174. The Morgan fingerprint density at radius 1 is 1.58 bits per heavy atom. The van der Waals surface area contributed by atoms with Crippen LogP contribution in [0, 0.1) is 6.92 Å². The van der Waals surface area contributed by atoms with E-state index in [1.165, 1.54) is 16.8 Å². The van der Waals surface area contributed by atoms with Gasteiger partial charge in [0.05, 0.1) is 10.9 Å². The molecule has 1 atom stereocenters. The van der Waals surface area contributed by atoms with Crippen molar-refractivity contribution in [1.29, 1.82) is 0 Å². The number of carbonyl (C=O) groups is 1. The van der Waals surface area contributed by atoms with E-state index < -0.39 is 0 Å². The van der Waals surface area contributed by atoms with E-state index in [4.69, 9.17) is 0 Å². The summed E-state index contributed by atoms with van der Waals surface area (Å²) in [6.07, 6.45) is 3.55. The molecule has 2 heterocycles. The molecule has 0 aliphatic heterocycles. The molecule has 0 aromatic carbocycles.